The molecule has 1 atom stereocenters. The highest BCUT2D eigenvalue weighted by Crippen LogP contribution is 2.15. The summed E-state index contributed by atoms with van der Waals surface area (Å²) in [4.78, 5) is 12.6. The topological polar surface area (TPSA) is 34.1 Å². The fourth-order valence-corrected chi connectivity index (χ4v) is 3.07. The van der Waals surface area contributed by atoms with Crippen molar-refractivity contribution in [2.75, 3.05) is 5.75 Å². The Kier molecular flexibility index (Phi) is 4.91. The van der Waals surface area contributed by atoms with E-state index in [9.17, 15) is 9.00 Å². The number of hydrogen-bond donors (Lipinski definition) is 0. The van der Waals surface area contributed by atoms with Gasteiger partial charge in [0.05, 0.1) is 16.6 Å². The molecule has 19 heavy (non-hydrogen) atoms. The number of carbonyl (C=O) groups is 1. The highest BCUT2D eigenvalue weighted by Gasteiger charge is 2.12. The number of rotatable bonds is 4. The van der Waals surface area contributed by atoms with E-state index in [1.54, 1.807) is 42.5 Å². The third-order valence-corrected chi connectivity index (χ3v) is 4.55. The van der Waals surface area contributed by atoms with E-state index in [1.807, 2.05) is 6.07 Å². The molecule has 0 bridgehead atoms. The zero-order valence-corrected chi connectivity index (χ0v) is 13.0. The second kappa shape index (κ2) is 6.46. The first-order chi connectivity index (χ1) is 9.06. The number of halogens is 2. The van der Waals surface area contributed by atoms with Gasteiger partial charge in [-0.1, -0.05) is 39.7 Å². The van der Waals surface area contributed by atoms with Gasteiger partial charge in [0, 0.05) is 20.0 Å². The number of carbonyl (C=O) groups excluding carboxylic acids is 1. The van der Waals surface area contributed by atoms with Gasteiger partial charge in [0.25, 0.3) is 0 Å². The molecule has 0 aliphatic carbocycles. The summed E-state index contributed by atoms with van der Waals surface area (Å²) in [6, 6.07) is 13.7. The van der Waals surface area contributed by atoms with E-state index in [0.717, 1.165) is 4.47 Å². The lowest BCUT2D eigenvalue weighted by atomic mass is 10.2. The van der Waals surface area contributed by atoms with Crippen LogP contribution in [-0.2, 0) is 10.8 Å². The highest BCUT2D eigenvalue weighted by atomic mass is 79.9. The summed E-state index contributed by atoms with van der Waals surface area (Å²) in [6.45, 7) is 0. The largest absolute Gasteiger partial charge is 0.293 e. The van der Waals surface area contributed by atoms with Gasteiger partial charge in [-0.2, -0.15) is 0 Å². The van der Waals surface area contributed by atoms with Gasteiger partial charge < -0.3 is 0 Å². The first-order valence-corrected chi connectivity index (χ1v) is 7.98. The summed E-state index contributed by atoms with van der Waals surface area (Å²) < 4.78 is 12.9. The molecule has 98 valence electrons. The Balaban J connectivity index is 2.11. The Hall–Kier alpha value is -0.970. The van der Waals surface area contributed by atoms with Gasteiger partial charge in [0.1, 0.15) is 0 Å². The SMILES string of the molecule is O=C(CS(=O)c1ccc(Cl)cc1)c1cccc(Br)c1. The lowest BCUT2D eigenvalue weighted by Gasteiger charge is -2.03. The van der Waals surface area contributed by atoms with E-state index >= 15 is 0 Å². The quantitative estimate of drug-likeness (QED) is 0.772. The van der Waals surface area contributed by atoms with Crippen molar-refractivity contribution in [1.82, 2.24) is 0 Å². The Labute approximate surface area is 127 Å². The van der Waals surface area contributed by atoms with E-state index < -0.39 is 10.8 Å². The molecule has 0 aromatic heterocycles. The zero-order valence-electron chi connectivity index (χ0n) is 9.81. The molecule has 0 amide bonds. The molecule has 2 rings (SSSR count). The Morgan fingerprint density at radius 2 is 1.84 bits per heavy atom. The van der Waals surface area contributed by atoms with Crippen LogP contribution in [0.2, 0.25) is 5.02 Å². The van der Waals surface area contributed by atoms with Crippen LogP contribution in [0.15, 0.2) is 57.9 Å². The van der Waals surface area contributed by atoms with Crippen LogP contribution in [0.4, 0.5) is 0 Å². The van der Waals surface area contributed by atoms with Crippen molar-refractivity contribution in [1.29, 1.82) is 0 Å². The first-order valence-electron chi connectivity index (χ1n) is 5.49. The molecule has 2 aromatic rings. The number of Topliss-reactive ketones (excluding diaryl/α,β-unsaturated/α-hetero) is 1. The van der Waals surface area contributed by atoms with E-state index in [0.29, 0.717) is 15.5 Å². The normalized spacial score (nSPS) is 12.1. The van der Waals surface area contributed by atoms with Crippen LogP contribution in [0.25, 0.3) is 0 Å². The second-order valence-corrected chi connectivity index (χ2v) is 6.68. The van der Waals surface area contributed by atoms with Crippen molar-refractivity contribution < 1.29 is 9.00 Å². The molecular weight excluding hydrogens is 348 g/mol. The average Bonchev–Trinajstić information content (AvgIpc) is 2.39. The third kappa shape index (κ3) is 4.00. The molecule has 0 aliphatic heterocycles. The minimum Gasteiger partial charge on any atom is -0.293 e. The predicted octanol–water partition coefficient (Wildman–Crippen LogP) is 4.09. The van der Waals surface area contributed by atoms with E-state index in [-0.39, 0.29) is 11.5 Å². The minimum absolute atomic E-state index is 0.0297. The average molecular weight is 358 g/mol. The van der Waals surface area contributed by atoms with Gasteiger partial charge in [0.15, 0.2) is 5.78 Å². The molecule has 2 aromatic carbocycles. The summed E-state index contributed by atoms with van der Waals surface area (Å²) in [6.07, 6.45) is 0. The van der Waals surface area contributed by atoms with Crippen molar-refractivity contribution in [3.05, 3.63) is 63.6 Å². The zero-order chi connectivity index (χ0) is 13.8. The second-order valence-electron chi connectivity index (χ2n) is 3.88. The minimum atomic E-state index is -1.35. The van der Waals surface area contributed by atoms with Crippen LogP contribution in [0.3, 0.4) is 0 Å². The summed E-state index contributed by atoms with van der Waals surface area (Å²) in [5.74, 6) is -0.174. The Bertz CT molecular complexity index is 626. The summed E-state index contributed by atoms with van der Waals surface area (Å²) in [5, 5.41) is 0.582. The maximum Gasteiger partial charge on any atom is 0.175 e. The fourth-order valence-electron chi connectivity index (χ4n) is 1.53. The number of benzene rings is 2. The molecule has 0 heterocycles. The molecule has 0 fully saturated rings. The standard InChI is InChI=1S/C14H10BrClO2S/c15-11-3-1-2-10(8-11)14(17)9-19(18)13-6-4-12(16)5-7-13/h1-8H,9H2. The van der Waals surface area contributed by atoms with Crippen molar-refractivity contribution in [3.8, 4) is 0 Å². The lowest BCUT2D eigenvalue weighted by Crippen LogP contribution is -2.11. The number of ketones is 1. The van der Waals surface area contributed by atoms with Gasteiger partial charge in [0.2, 0.25) is 0 Å². The van der Waals surface area contributed by atoms with Crippen molar-refractivity contribution in [2.24, 2.45) is 0 Å². The van der Waals surface area contributed by atoms with Gasteiger partial charge in [-0.25, -0.2) is 0 Å². The van der Waals surface area contributed by atoms with Crippen molar-refractivity contribution >= 4 is 44.1 Å². The molecule has 1 unspecified atom stereocenters. The fraction of sp³-hybridized carbons (Fsp3) is 0.0714. The highest BCUT2D eigenvalue weighted by molar-refractivity contribution is 9.10. The molecule has 0 radical (unpaired) electrons. The molecular formula is C14H10BrClO2S. The monoisotopic (exact) mass is 356 g/mol. The summed E-state index contributed by atoms with van der Waals surface area (Å²) in [5.41, 5.74) is 0.552. The van der Waals surface area contributed by atoms with Gasteiger partial charge in [-0.05, 0) is 36.4 Å². The Morgan fingerprint density at radius 3 is 2.47 bits per heavy atom. The molecule has 0 spiro atoms. The van der Waals surface area contributed by atoms with Crippen LogP contribution in [0.5, 0.6) is 0 Å². The maximum absolute atomic E-state index is 12.1. The molecule has 0 saturated heterocycles. The predicted molar refractivity (Wildman–Crippen MR) is 81.2 cm³/mol. The molecule has 0 aliphatic rings. The van der Waals surface area contributed by atoms with Gasteiger partial charge in [-0.3, -0.25) is 9.00 Å². The smallest absolute Gasteiger partial charge is 0.175 e. The van der Waals surface area contributed by atoms with E-state index in [2.05, 4.69) is 15.9 Å². The third-order valence-electron chi connectivity index (χ3n) is 2.49. The van der Waals surface area contributed by atoms with Crippen LogP contribution < -0.4 is 0 Å². The van der Waals surface area contributed by atoms with E-state index in [1.165, 1.54) is 0 Å². The summed E-state index contributed by atoms with van der Waals surface area (Å²) in [7, 11) is -1.35. The molecule has 0 saturated carbocycles. The van der Waals surface area contributed by atoms with Gasteiger partial charge in [-0.15, -0.1) is 0 Å². The lowest BCUT2D eigenvalue weighted by molar-refractivity contribution is 0.102. The molecule has 0 N–H and O–H groups in total. The van der Waals surface area contributed by atoms with Crippen LogP contribution in [-0.4, -0.2) is 15.7 Å². The van der Waals surface area contributed by atoms with Gasteiger partial charge >= 0.3 is 0 Å². The van der Waals surface area contributed by atoms with Crippen LogP contribution in [0.1, 0.15) is 10.4 Å². The van der Waals surface area contributed by atoms with Crippen molar-refractivity contribution in [2.45, 2.75) is 4.90 Å². The van der Waals surface area contributed by atoms with Crippen molar-refractivity contribution in [3.63, 3.8) is 0 Å². The summed E-state index contributed by atoms with van der Waals surface area (Å²) >= 11 is 9.07. The van der Waals surface area contributed by atoms with E-state index in [4.69, 9.17) is 11.6 Å². The Morgan fingerprint density at radius 1 is 1.16 bits per heavy atom. The maximum atomic E-state index is 12.1. The molecule has 5 heteroatoms. The number of hydrogen-bond acceptors (Lipinski definition) is 2. The van der Waals surface area contributed by atoms with Crippen LogP contribution >= 0.6 is 27.5 Å². The van der Waals surface area contributed by atoms with Crippen LogP contribution in [0, 0.1) is 0 Å². The first kappa shape index (κ1) is 14.4. The molecule has 2 nitrogen and oxygen atoms in total.